The molecule has 1 aliphatic rings. The van der Waals surface area contributed by atoms with E-state index in [1.807, 2.05) is 17.8 Å². The molecule has 23 heavy (non-hydrogen) atoms. The summed E-state index contributed by atoms with van der Waals surface area (Å²) >= 11 is 0. The summed E-state index contributed by atoms with van der Waals surface area (Å²) in [5.41, 5.74) is 0. The van der Waals surface area contributed by atoms with E-state index in [1.54, 1.807) is 20.3 Å². The Morgan fingerprint density at radius 3 is 2.57 bits per heavy atom. The van der Waals surface area contributed by atoms with Crippen LogP contribution in [0.5, 0.6) is 0 Å². The molecule has 1 N–H and O–H groups in total. The highest BCUT2D eigenvalue weighted by Gasteiger charge is 2.28. The van der Waals surface area contributed by atoms with Crippen molar-refractivity contribution in [3.05, 3.63) is 18.2 Å². The molecule has 1 aliphatic heterocycles. The molecule has 7 nitrogen and oxygen atoms in total. The molecule has 2 rings (SSSR count). The van der Waals surface area contributed by atoms with Crippen molar-refractivity contribution in [2.24, 2.45) is 13.0 Å². The number of sulfonamides is 1. The number of aromatic nitrogens is 2. The molecule has 1 aromatic heterocycles. The molecule has 0 amide bonds. The molecule has 0 spiro atoms. The normalized spacial score (nSPS) is 19.3. The van der Waals surface area contributed by atoms with Crippen molar-refractivity contribution in [2.45, 2.75) is 25.4 Å². The fraction of sp³-hybridized carbons (Fsp3) is 0.800. The molecule has 132 valence electrons. The molecule has 1 fully saturated rings. The molecular formula is C15H28N4O3S. The van der Waals surface area contributed by atoms with E-state index < -0.39 is 16.1 Å². The summed E-state index contributed by atoms with van der Waals surface area (Å²) in [5.74, 6) is 1.13. The van der Waals surface area contributed by atoms with Gasteiger partial charge in [0, 0.05) is 33.5 Å². The van der Waals surface area contributed by atoms with Gasteiger partial charge in [-0.1, -0.05) is 0 Å². The van der Waals surface area contributed by atoms with Crippen molar-refractivity contribution in [2.75, 3.05) is 39.5 Å². The summed E-state index contributed by atoms with van der Waals surface area (Å²) in [7, 11) is 1.93. The van der Waals surface area contributed by atoms with Crippen LogP contribution in [0.1, 0.15) is 31.2 Å². The van der Waals surface area contributed by atoms with E-state index in [0.29, 0.717) is 6.42 Å². The molecule has 0 radical (unpaired) electrons. The van der Waals surface area contributed by atoms with Crippen LogP contribution < -0.4 is 0 Å². The number of piperidine rings is 1. The van der Waals surface area contributed by atoms with Crippen LogP contribution in [0.25, 0.3) is 0 Å². The molecule has 0 saturated carbocycles. The zero-order chi connectivity index (χ0) is 17.0. The first kappa shape index (κ1) is 18.4. The van der Waals surface area contributed by atoms with Gasteiger partial charge in [-0.25, -0.2) is 17.7 Å². The van der Waals surface area contributed by atoms with Crippen LogP contribution in [0.2, 0.25) is 0 Å². The van der Waals surface area contributed by atoms with Gasteiger partial charge in [0.15, 0.2) is 0 Å². The molecule has 1 saturated heterocycles. The maximum absolute atomic E-state index is 11.7. The number of nitrogens with zero attached hydrogens (tertiary/aromatic N) is 4. The minimum atomic E-state index is -3.10. The Morgan fingerprint density at radius 1 is 1.39 bits per heavy atom. The van der Waals surface area contributed by atoms with E-state index in [0.717, 1.165) is 38.3 Å². The van der Waals surface area contributed by atoms with Gasteiger partial charge in [0.05, 0.1) is 5.75 Å². The standard InChI is InChI=1S/C15H28N4O3S/c1-17(2)23(21,22)12-4-8-19-9-5-13(6-10-19)14(20)15-16-7-11-18(15)3/h7,11,13-14,20H,4-6,8-10,12H2,1-3H3/t14-/m0/s1. The van der Waals surface area contributed by atoms with Gasteiger partial charge in [-0.05, 0) is 44.8 Å². The number of likely N-dealkylation sites (tertiary alicyclic amines) is 1. The van der Waals surface area contributed by atoms with Crippen molar-refractivity contribution in [1.29, 1.82) is 0 Å². The first-order chi connectivity index (χ1) is 10.8. The number of aliphatic hydroxyl groups excluding tert-OH is 1. The summed E-state index contributed by atoms with van der Waals surface area (Å²) in [6.45, 7) is 2.58. The minimum absolute atomic E-state index is 0.190. The first-order valence-corrected chi connectivity index (χ1v) is 9.70. The Kier molecular flexibility index (Phi) is 6.19. The third-order valence-corrected chi connectivity index (χ3v) is 6.55. The van der Waals surface area contributed by atoms with Gasteiger partial charge in [0.1, 0.15) is 11.9 Å². The van der Waals surface area contributed by atoms with Crippen LogP contribution in [0.3, 0.4) is 0 Å². The zero-order valence-corrected chi connectivity index (χ0v) is 15.0. The molecule has 0 bridgehead atoms. The third-order valence-electron chi connectivity index (χ3n) is 4.63. The molecular weight excluding hydrogens is 316 g/mol. The maximum atomic E-state index is 11.7. The third kappa shape index (κ3) is 4.76. The number of hydrogen-bond donors (Lipinski definition) is 1. The van der Waals surface area contributed by atoms with Crippen LogP contribution in [0, 0.1) is 5.92 Å². The predicted octanol–water partition coefficient (Wildman–Crippen LogP) is 0.447. The Bertz CT molecular complexity index is 592. The number of aryl methyl sites for hydroxylation is 1. The lowest BCUT2D eigenvalue weighted by Crippen LogP contribution is -2.37. The van der Waals surface area contributed by atoms with Crippen LogP contribution in [0.4, 0.5) is 0 Å². The summed E-state index contributed by atoms with van der Waals surface area (Å²) < 4.78 is 26.6. The van der Waals surface area contributed by atoms with Crippen LogP contribution >= 0.6 is 0 Å². The van der Waals surface area contributed by atoms with E-state index in [-0.39, 0.29) is 11.7 Å². The Labute approximate surface area is 139 Å². The second-order valence-corrected chi connectivity index (χ2v) is 8.77. The number of hydrogen-bond acceptors (Lipinski definition) is 5. The SMILES string of the molecule is CN(C)S(=O)(=O)CCCN1CCC([C@H](O)c2nccn2C)CC1. The molecule has 2 heterocycles. The lowest BCUT2D eigenvalue weighted by atomic mass is 9.90. The molecule has 8 heteroatoms. The van der Waals surface area contributed by atoms with E-state index in [2.05, 4.69) is 9.88 Å². The van der Waals surface area contributed by atoms with Gasteiger partial charge in [-0.2, -0.15) is 0 Å². The van der Waals surface area contributed by atoms with E-state index in [9.17, 15) is 13.5 Å². The Morgan fingerprint density at radius 2 is 2.04 bits per heavy atom. The predicted molar refractivity (Wildman–Crippen MR) is 89.4 cm³/mol. The molecule has 1 atom stereocenters. The highest BCUT2D eigenvalue weighted by molar-refractivity contribution is 7.89. The molecule has 0 unspecified atom stereocenters. The zero-order valence-electron chi connectivity index (χ0n) is 14.2. The Hall–Kier alpha value is -0.960. The van der Waals surface area contributed by atoms with E-state index in [4.69, 9.17) is 0 Å². The fourth-order valence-electron chi connectivity index (χ4n) is 3.02. The van der Waals surface area contributed by atoms with Crippen molar-refractivity contribution in [3.8, 4) is 0 Å². The van der Waals surface area contributed by atoms with Gasteiger partial charge < -0.3 is 14.6 Å². The summed E-state index contributed by atoms with van der Waals surface area (Å²) in [6.07, 6.45) is 5.50. The summed E-state index contributed by atoms with van der Waals surface area (Å²) in [5, 5.41) is 10.5. The average molecular weight is 344 g/mol. The van der Waals surface area contributed by atoms with Crippen molar-refractivity contribution < 1.29 is 13.5 Å². The molecule has 1 aromatic rings. The smallest absolute Gasteiger partial charge is 0.213 e. The minimum Gasteiger partial charge on any atom is -0.385 e. The average Bonchev–Trinajstić information content (AvgIpc) is 2.93. The van der Waals surface area contributed by atoms with E-state index >= 15 is 0 Å². The summed E-state index contributed by atoms with van der Waals surface area (Å²) in [4.78, 5) is 6.52. The lowest BCUT2D eigenvalue weighted by Gasteiger charge is -2.34. The lowest BCUT2D eigenvalue weighted by molar-refractivity contribution is 0.0512. The molecule has 0 aliphatic carbocycles. The van der Waals surface area contributed by atoms with Gasteiger partial charge in [-0.15, -0.1) is 0 Å². The number of imidazole rings is 1. The molecule has 0 aromatic carbocycles. The van der Waals surface area contributed by atoms with Gasteiger partial charge >= 0.3 is 0 Å². The van der Waals surface area contributed by atoms with Gasteiger partial charge in [0.25, 0.3) is 0 Å². The fourth-order valence-corrected chi connectivity index (χ4v) is 3.88. The highest BCUT2D eigenvalue weighted by Crippen LogP contribution is 2.29. The monoisotopic (exact) mass is 344 g/mol. The highest BCUT2D eigenvalue weighted by atomic mass is 32.2. The van der Waals surface area contributed by atoms with Crippen LogP contribution in [-0.4, -0.2) is 71.8 Å². The topological polar surface area (TPSA) is 78.7 Å². The van der Waals surface area contributed by atoms with Crippen molar-refractivity contribution in [1.82, 2.24) is 18.8 Å². The van der Waals surface area contributed by atoms with E-state index in [1.165, 1.54) is 4.31 Å². The van der Waals surface area contributed by atoms with Crippen molar-refractivity contribution >= 4 is 10.0 Å². The largest absolute Gasteiger partial charge is 0.385 e. The number of aliphatic hydroxyl groups is 1. The van der Waals surface area contributed by atoms with Gasteiger partial charge in [-0.3, -0.25) is 0 Å². The quantitative estimate of drug-likeness (QED) is 0.777. The maximum Gasteiger partial charge on any atom is 0.213 e. The van der Waals surface area contributed by atoms with Gasteiger partial charge in [0.2, 0.25) is 10.0 Å². The Balaban J connectivity index is 1.75. The second-order valence-electron chi connectivity index (χ2n) is 6.47. The van der Waals surface area contributed by atoms with Crippen molar-refractivity contribution in [3.63, 3.8) is 0 Å². The van der Waals surface area contributed by atoms with Crippen LogP contribution in [-0.2, 0) is 17.1 Å². The van der Waals surface area contributed by atoms with Crippen LogP contribution in [0.15, 0.2) is 12.4 Å². The first-order valence-electron chi connectivity index (χ1n) is 8.09. The number of rotatable bonds is 7. The second kappa shape index (κ2) is 7.74. The summed E-state index contributed by atoms with van der Waals surface area (Å²) in [6, 6.07) is 0.